The molecule has 0 saturated carbocycles. The van der Waals surface area contributed by atoms with Crippen LogP contribution in [-0.2, 0) is 17.6 Å². The molecule has 4 heteroatoms. The van der Waals surface area contributed by atoms with Gasteiger partial charge in [0.2, 0.25) is 5.91 Å². The Bertz CT molecular complexity index is 1040. The summed E-state index contributed by atoms with van der Waals surface area (Å²) in [4.78, 5) is 19.9. The Morgan fingerprint density at radius 3 is 2.62 bits per heavy atom. The molecule has 2 aromatic heterocycles. The molecule has 0 fully saturated rings. The van der Waals surface area contributed by atoms with E-state index in [1.54, 1.807) is 0 Å². The summed E-state index contributed by atoms with van der Waals surface area (Å²) in [5.74, 6) is 0.0711. The van der Waals surface area contributed by atoms with Gasteiger partial charge < -0.3 is 10.3 Å². The Labute approximate surface area is 152 Å². The van der Waals surface area contributed by atoms with Crippen LogP contribution in [-0.4, -0.2) is 22.4 Å². The quantitative estimate of drug-likeness (QED) is 0.556. The molecule has 1 amide bonds. The van der Waals surface area contributed by atoms with E-state index in [9.17, 15) is 4.79 Å². The van der Waals surface area contributed by atoms with Gasteiger partial charge in [-0.1, -0.05) is 48.5 Å². The van der Waals surface area contributed by atoms with Crippen molar-refractivity contribution in [3.63, 3.8) is 0 Å². The third-order valence-corrected chi connectivity index (χ3v) is 4.63. The van der Waals surface area contributed by atoms with Crippen LogP contribution in [0.4, 0.5) is 0 Å². The van der Waals surface area contributed by atoms with Crippen LogP contribution in [0.1, 0.15) is 17.7 Å². The van der Waals surface area contributed by atoms with E-state index in [0.29, 0.717) is 19.4 Å². The first-order valence-corrected chi connectivity index (χ1v) is 8.95. The molecule has 2 heterocycles. The molecule has 0 aliphatic heterocycles. The summed E-state index contributed by atoms with van der Waals surface area (Å²) in [6.45, 7) is 0.664. The molecule has 4 rings (SSSR count). The fraction of sp³-hybridized carbons (Fsp3) is 0.182. The van der Waals surface area contributed by atoms with Gasteiger partial charge in [0.05, 0.1) is 11.7 Å². The zero-order valence-corrected chi connectivity index (χ0v) is 14.5. The fourth-order valence-electron chi connectivity index (χ4n) is 3.25. The number of fused-ring (bicyclic) bond motifs is 3. The number of carbonyl (C=O) groups is 1. The molecule has 0 radical (unpaired) electrons. The van der Waals surface area contributed by atoms with Gasteiger partial charge >= 0.3 is 0 Å². The van der Waals surface area contributed by atoms with E-state index in [1.165, 1.54) is 10.9 Å². The van der Waals surface area contributed by atoms with Gasteiger partial charge in [0.25, 0.3) is 0 Å². The van der Waals surface area contributed by atoms with Crippen molar-refractivity contribution in [2.45, 2.75) is 19.3 Å². The summed E-state index contributed by atoms with van der Waals surface area (Å²) >= 11 is 0. The highest BCUT2D eigenvalue weighted by atomic mass is 16.1. The Morgan fingerprint density at radius 2 is 1.73 bits per heavy atom. The molecular weight excluding hydrogens is 322 g/mol. The van der Waals surface area contributed by atoms with E-state index >= 15 is 0 Å². The summed E-state index contributed by atoms with van der Waals surface area (Å²) in [5, 5.41) is 5.35. The number of nitrogens with zero attached hydrogens (tertiary/aromatic N) is 1. The normalized spacial score (nSPS) is 11.1. The average molecular weight is 343 g/mol. The fourth-order valence-corrected chi connectivity index (χ4v) is 3.25. The molecule has 4 nitrogen and oxygen atoms in total. The number of H-pyrrole nitrogens is 1. The van der Waals surface area contributed by atoms with Crippen LogP contribution in [0.2, 0.25) is 0 Å². The smallest absolute Gasteiger partial charge is 0.220 e. The predicted octanol–water partition coefficient (Wildman–Crippen LogP) is 4.01. The standard InChI is InChI=1S/C22H21N3O/c26-22(23-13-12-16-6-2-1-3-7-16)11-10-17-14-19-18-8-4-5-9-20(18)25-21(19)15-24-17/h1-9,14-15,25H,10-13H2,(H,23,26). The van der Waals surface area contributed by atoms with Crippen molar-refractivity contribution in [3.8, 4) is 0 Å². The molecule has 2 aromatic carbocycles. The second kappa shape index (κ2) is 7.40. The average Bonchev–Trinajstić information content (AvgIpc) is 3.05. The Morgan fingerprint density at radius 1 is 0.923 bits per heavy atom. The van der Waals surface area contributed by atoms with Crippen molar-refractivity contribution in [1.82, 2.24) is 15.3 Å². The van der Waals surface area contributed by atoms with Gasteiger partial charge in [0.15, 0.2) is 0 Å². The number of rotatable bonds is 6. The monoisotopic (exact) mass is 343 g/mol. The molecule has 0 saturated heterocycles. The number of hydrogen-bond donors (Lipinski definition) is 2. The summed E-state index contributed by atoms with van der Waals surface area (Å²) in [6.07, 6.45) is 3.81. The van der Waals surface area contributed by atoms with Crippen LogP contribution in [0.3, 0.4) is 0 Å². The van der Waals surface area contributed by atoms with Gasteiger partial charge in [-0.15, -0.1) is 0 Å². The van der Waals surface area contributed by atoms with Crippen LogP contribution in [0.5, 0.6) is 0 Å². The van der Waals surface area contributed by atoms with E-state index in [2.05, 4.69) is 45.6 Å². The summed E-state index contributed by atoms with van der Waals surface area (Å²) in [7, 11) is 0. The Kier molecular flexibility index (Phi) is 4.65. The van der Waals surface area contributed by atoms with Gasteiger partial charge in [-0.3, -0.25) is 9.78 Å². The first-order valence-electron chi connectivity index (χ1n) is 8.95. The lowest BCUT2D eigenvalue weighted by molar-refractivity contribution is -0.121. The van der Waals surface area contributed by atoms with Crippen LogP contribution in [0.25, 0.3) is 21.8 Å². The van der Waals surface area contributed by atoms with Crippen LogP contribution < -0.4 is 5.32 Å². The number of amides is 1. The summed E-state index contributed by atoms with van der Waals surface area (Å²) in [5.41, 5.74) is 4.32. The maximum absolute atomic E-state index is 12.1. The minimum Gasteiger partial charge on any atom is -0.356 e. The summed E-state index contributed by atoms with van der Waals surface area (Å²) < 4.78 is 0. The number of aromatic amines is 1. The number of nitrogens with one attached hydrogen (secondary N) is 2. The first kappa shape index (κ1) is 16.3. The number of hydrogen-bond acceptors (Lipinski definition) is 2. The third kappa shape index (κ3) is 3.59. The van der Waals surface area contributed by atoms with E-state index < -0.39 is 0 Å². The molecule has 2 N–H and O–H groups in total. The van der Waals surface area contributed by atoms with Crippen molar-refractivity contribution < 1.29 is 4.79 Å². The first-order chi connectivity index (χ1) is 12.8. The van der Waals surface area contributed by atoms with Crippen molar-refractivity contribution in [2.75, 3.05) is 6.54 Å². The predicted molar refractivity (Wildman–Crippen MR) is 105 cm³/mol. The van der Waals surface area contributed by atoms with Gasteiger partial charge in [-0.05, 0) is 30.5 Å². The molecule has 4 aromatic rings. The number of para-hydroxylation sites is 1. The number of benzene rings is 2. The topological polar surface area (TPSA) is 57.8 Å². The molecule has 0 spiro atoms. The van der Waals surface area contributed by atoms with E-state index in [0.717, 1.165) is 28.5 Å². The third-order valence-electron chi connectivity index (χ3n) is 4.63. The molecular formula is C22H21N3O. The van der Waals surface area contributed by atoms with Crippen LogP contribution in [0, 0.1) is 0 Å². The lowest BCUT2D eigenvalue weighted by Gasteiger charge is -2.05. The molecule has 130 valence electrons. The van der Waals surface area contributed by atoms with E-state index in [-0.39, 0.29) is 5.91 Å². The number of carbonyl (C=O) groups excluding carboxylic acids is 1. The van der Waals surface area contributed by atoms with Gasteiger partial charge in [-0.25, -0.2) is 0 Å². The van der Waals surface area contributed by atoms with E-state index in [4.69, 9.17) is 0 Å². The lowest BCUT2D eigenvalue weighted by atomic mass is 10.1. The minimum atomic E-state index is 0.0711. The summed E-state index contributed by atoms with van der Waals surface area (Å²) in [6, 6.07) is 20.5. The largest absolute Gasteiger partial charge is 0.356 e. The molecule has 0 atom stereocenters. The second-order valence-corrected chi connectivity index (χ2v) is 6.48. The lowest BCUT2D eigenvalue weighted by Crippen LogP contribution is -2.25. The maximum Gasteiger partial charge on any atom is 0.220 e. The van der Waals surface area contributed by atoms with Crippen molar-refractivity contribution in [3.05, 3.63) is 78.1 Å². The number of pyridine rings is 1. The van der Waals surface area contributed by atoms with Crippen LogP contribution >= 0.6 is 0 Å². The highest BCUT2D eigenvalue weighted by Gasteiger charge is 2.07. The highest BCUT2D eigenvalue weighted by molar-refractivity contribution is 6.06. The molecule has 0 aliphatic carbocycles. The van der Waals surface area contributed by atoms with Gasteiger partial charge in [0, 0.05) is 34.9 Å². The maximum atomic E-state index is 12.1. The SMILES string of the molecule is O=C(CCc1cc2c(cn1)[nH]c1ccccc12)NCCc1ccccc1. The highest BCUT2D eigenvalue weighted by Crippen LogP contribution is 2.25. The molecule has 0 unspecified atom stereocenters. The minimum absolute atomic E-state index is 0.0711. The van der Waals surface area contributed by atoms with Crippen molar-refractivity contribution in [2.24, 2.45) is 0 Å². The zero-order valence-electron chi connectivity index (χ0n) is 14.5. The number of aromatic nitrogens is 2. The zero-order chi connectivity index (χ0) is 17.8. The Hall–Kier alpha value is -3.14. The van der Waals surface area contributed by atoms with Crippen molar-refractivity contribution >= 4 is 27.7 Å². The second-order valence-electron chi connectivity index (χ2n) is 6.48. The number of aryl methyl sites for hydroxylation is 1. The molecule has 26 heavy (non-hydrogen) atoms. The van der Waals surface area contributed by atoms with Crippen molar-refractivity contribution in [1.29, 1.82) is 0 Å². The van der Waals surface area contributed by atoms with Gasteiger partial charge in [-0.2, -0.15) is 0 Å². The molecule has 0 bridgehead atoms. The Balaban J connectivity index is 1.35. The van der Waals surface area contributed by atoms with Gasteiger partial charge in [0.1, 0.15) is 0 Å². The molecule has 0 aliphatic rings. The van der Waals surface area contributed by atoms with Crippen LogP contribution in [0.15, 0.2) is 66.9 Å². The van der Waals surface area contributed by atoms with E-state index in [1.807, 2.05) is 36.5 Å².